The molecule has 0 atom stereocenters. The van der Waals surface area contributed by atoms with Gasteiger partial charge in [0.2, 0.25) is 0 Å². The number of rotatable bonds is 5. The Morgan fingerprint density at radius 2 is 2.22 bits per heavy atom. The molecule has 0 saturated heterocycles. The van der Waals surface area contributed by atoms with Gasteiger partial charge in [0.05, 0.1) is 4.92 Å². The predicted octanol–water partition coefficient (Wildman–Crippen LogP) is 2.43. The van der Waals surface area contributed by atoms with Crippen LogP contribution in [0.4, 0.5) is 5.69 Å². The van der Waals surface area contributed by atoms with Crippen LogP contribution in [0.5, 0.6) is 0 Å². The SMILES string of the molecule is Cc1c(C(=O)NC/C=C/CCl)cccc1[N+](=O)[O-]. The van der Waals surface area contributed by atoms with E-state index in [1.807, 2.05) is 0 Å². The summed E-state index contributed by atoms with van der Waals surface area (Å²) in [5.41, 5.74) is 0.615. The lowest BCUT2D eigenvalue weighted by Crippen LogP contribution is -2.24. The molecule has 1 aromatic carbocycles. The van der Waals surface area contributed by atoms with E-state index in [0.29, 0.717) is 23.6 Å². The number of allylic oxidation sites excluding steroid dienone is 1. The molecule has 0 aliphatic heterocycles. The first-order chi connectivity index (χ1) is 8.57. The number of halogens is 1. The van der Waals surface area contributed by atoms with Crippen molar-refractivity contribution in [2.24, 2.45) is 0 Å². The van der Waals surface area contributed by atoms with Crippen molar-refractivity contribution >= 4 is 23.2 Å². The van der Waals surface area contributed by atoms with Crippen LogP contribution in [0.15, 0.2) is 30.4 Å². The maximum atomic E-state index is 11.8. The fourth-order valence-electron chi connectivity index (χ4n) is 1.46. The summed E-state index contributed by atoms with van der Waals surface area (Å²) in [5, 5.41) is 13.4. The number of nitrogens with zero attached hydrogens (tertiary/aromatic N) is 1. The number of nitro groups is 1. The molecule has 1 N–H and O–H groups in total. The minimum Gasteiger partial charge on any atom is -0.349 e. The van der Waals surface area contributed by atoms with Gasteiger partial charge < -0.3 is 5.32 Å². The van der Waals surface area contributed by atoms with Gasteiger partial charge in [-0.25, -0.2) is 0 Å². The highest BCUT2D eigenvalue weighted by Gasteiger charge is 2.17. The minimum atomic E-state index is -0.500. The second-order valence-corrected chi connectivity index (χ2v) is 3.85. The average Bonchev–Trinajstić information content (AvgIpc) is 2.34. The van der Waals surface area contributed by atoms with Crippen LogP contribution in [0.2, 0.25) is 0 Å². The van der Waals surface area contributed by atoms with Gasteiger partial charge in [-0.15, -0.1) is 11.6 Å². The van der Waals surface area contributed by atoms with Crippen molar-refractivity contribution in [1.29, 1.82) is 0 Å². The fraction of sp³-hybridized carbons (Fsp3) is 0.250. The molecule has 96 valence electrons. The fourth-order valence-corrected chi connectivity index (χ4v) is 1.59. The number of nitro benzene ring substituents is 1. The number of carbonyl (C=O) groups is 1. The number of nitrogens with one attached hydrogen (secondary N) is 1. The zero-order chi connectivity index (χ0) is 13.5. The Bertz CT molecular complexity index is 486. The average molecular weight is 269 g/mol. The summed E-state index contributed by atoms with van der Waals surface area (Å²) in [7, 11) is 0. The van der Waals surface area contributed by atoms with E-state index in [-0.39, 0.29) is 11.6 Å². The van der Waals surface area contributed by atoms with Crippen LogP contribution in [-0.2, 0) is 0 Å². The van der Waals surface area contributed by atoms with E-state index >= 15 is 0 Å². The van der Waals surface area contributed by atoms with Crippen LogP contribution in [0.1, 0.15) is 15.9 Å². The number of amides is 1. The monoisotopic (exact) mass is 268 g/mol. The highest BCUT2D eigenvalue weighted by atomic mass is 35.5. The first-order valence-electron chi connectivity index (χ1n) is 5.31. The van der Waals surface area contributed by atoms with Gasteiger partial charge in [-0.3, -0.25) is 14.9 Å². The summed E-state index contributed by atoms with van der Waals surface area (Å²) >= 11 is 5.44. The number of alkyl halides is 1. The molecular weight excluding hydrogens is 256 g/mol. The van der Waals surface area contributed by atoms with Gasteiger partial charge in [-0.05, 0) is 13.0 Å². The highest BCUT2D eigenvalue weighted by molar-refractivity contribution is 6.18. The molecule has 0 heterocycles. The van der Waals surface area contributed by atoms with Crippen molar-refractivity contribution in [3.63, 3.8) is 0 Å². The van der Waals surface area contributed by atoms with Crippen LogP contribution >= 0.6 is 11.6 Å². The standard InChI is InChI=1S/C12H13ClN2O3/c1-9-10(5-4-6-11(9)15(17)18)12(16)14-8-3-2-7-13/h2-6H,7-8H2,1H3,(H,14,16)/b3-2+. The highest BCUT2D eigenvalue weighted by Crippen LogP contribution is 2.20. The number of hydrogen-bond donors (Lipinski definition) is 1. The Hall–Kier alpha value is -1.88. The van der Waals surface area contributed by atoms with E-state index in [1.165, 1.54) is 12.1 Å². The van der Waals surface area contributed by atoms with E-state index < -0.39 is 4.92 Å². The third-order valence-electron chi connectivity index (χ3n) is 2.38. The van der Waals surface area contributed by atoms with Crippen LogP contribution in [0.3, 0.4) is 0 Å². The van der Waals surface area contributed by atoms with E-state index in [1.54, 1.807) is 25.1 Å². The number of carbonyl (C=O) groups excluding carboxylic acids is 1. The summed E-state index contributed by atoms with van der Waals surface area (Å²) in [6.07, 6.45) is 3.43. The molecule has 0 fully saturated rings. The smallest absolute Gasteiger partial charge is 0.273 e. The summed E-state index contributed by atoms with van der Waals surface area (Å²) < 4.78 is 0. The molecule has 1 rings (SSSR count). The third-order valence-corrected chi connectivity index (χ3v) is 2.56. The molecule has 1 aromatic rings. The van der Waals surface area contributed by atoms with Crippen LogP contribution in [-0.4, -0.2) is 23.3 Å². The Balaban J connectivity index is 2.83. The van der Waals surface area contributed by atoms with Gasteiger partial charge >= 0.3 is 0 Å². The molecule has 0 spiro atoms. The lowest BCUT2D eigenvalue weighted by atomic mass is 10.1. The Morgan fingerprint density at radius 3 is 2.83 bits per heavy atom. The van der Waals surface area contributed by atoms with Crippen molar-refractivity contribution in [3.8, 4) is 0 Å². The summed E-state index contributed by atoms with van der Waals surface area (Å²) in [5.74, 6) is 0.0431. The maximum absolute atomic E-state index is 11.8. The van der Waals surface area contributed by atoms with Crippen molar-refractivity contribution in [2.75, 3.05) is 12.4 Å². The zero-order valence-electron chi connectivity index (χ0n) is 9.85. The molecule has 18 heavy (non-hydrogen) atoms. The molecule has 0 bridgehead atoms. The zero-order valence-corrected chi connectivity index (χ0v) is 10.6. The molecule has 0 unspecified atom stereocenters. The van der Waals surface area contributed by atoms with E-state index in [0.717, 1.165) is 0 Å². The van der Waals surface area contributed by atoms with Crippen LogP contribution < -0.4 is 5.32 Å². The molecule has 6 heteroatoms. The second-order valence-electron chi connectivity index (χ2n) is 3.54. The van der Waals surface area contributed by atoms with Crippen LogP contribution in [0.25, 0.3) is 0 Å². The van der Waals surface area contributed by atoms with Crippen molar-refractivity contribution in [1.82, 2.24) is 5.32 Å². The number of benzene rings is 1. The molecule has 0 aliphatic rings. The van der Waals surface area contributed by atoms with Gasteiger partial charge in [-0.1, -0.05) is 18.2 Å². The van der Waals surface area contributed by atoms with E-state index in [9.17, 15) is 14.9 Å². The van der Waals surface area contributed by atoms with Crippen LogP contribution in [0, 0.1) is 17.0 Å². The lowest BCUT2D eigenvalue weighted by Gasteiger charge is -2.06. The lowest BCUT2D eigenvalue weighted by molar-refractivity contribution is -0.385. The molecule has 0 aliphatic carbocycles. The molecule has 0 aromatic heterocycles. The predicted molar refractivity (Wildman–Crippen MR) is 70.0 cm³/mol. The quantitative estimate of drug-likeness (QED) is 0.386. The normalized spacial score (nSPS) is 10.6. The Labute approximate surface area is 110 Å². The molecular formula is C12H13ClN2O3. The minimum absolute atomic E-state index is 0.0565. The van der Waals surface area contributed by atoms with Gasteiger partial charge in [0.1, 0.15) is 0 Å². The Morgan fingerprint density at radius 1 is 1.50 bits per heavy atom. The first-order valence-corrected chi connectivity index (χ1v) is 5.84. The van der Waals surface area contributed by atoms with Gasteiger partial charge in [-0.2, -0.15) is 0 Å². The van der Waals surface area contributed by atoms with Gasteiger partial charge in [0.15, 0.2) is 0 Å². The maximum Gasteiger partial charge on any atom is 0.273 e. The van der Waals surface area contributed by atoms with E-state index in [4.69, 9.17) is 11.6 Å². The summed E-state index contributed by atoms with van der Waals surface area (Å²) in [6, 6.07) is 4.43. The molecule has 0 radical (unpaired) electrons. The molecule has 0 saturated carbocycles. The van der Waals surface area contributed by atoms with Crippen molar-refractivity contribution < 1.29 is 9.72 Å². The molecule has 5 nitrogen and oxygen atoms in total. The second kappa shape index (κ2) is 6.76. The summed E-state index contributed by atoms with van der Waals surface area (Å²) in [6.45, 7) is 1.90. The van der Waals surface area contributed by atoms with E-state index in [2.05, 4.69) is 5.32 Å². The van der Waals surface area contributed by atoms with Crippen molar-refractivity contribution in [3.05, 3.63) is 51.6 Å². The number of hydrogen-bond acceptors (Lipinski definition) is 3. The van der Waals surface area contributed by atoms with Crippen molar-refractivity contribution in [2.45, 2.75) is 6.92 Å². The third kappa shape index (κ3) is 3.56. The first kappa shape index (κ1) is 14.2. The van der Waals surface area contributed by atoms with Gasteiger partial charge in [0, 0.05) is 29.6 Å². The largest absolute Gasteiger partial charge is 0.349 e. The Kier molecular flexibility index (Phi) is 5.32. The van der Waals surface area contributed by atoms with Gasteiger partial charge in [0.25, 0.3) is 11.6 Å². The summed E-state index contributed by atoms with van der Waals surface area (Å²) in [4.78, 5) is 22.0. The topological polar surface area (TPSA) is 72.2 Å². The molecule has 1 amide bonds.